The molecule has 0 radical (unpaired) electrons. The second-order valence-corrected chi connectivity index (χ2v) is 9.92. The summed E-state index contributed by atoms with van der Waals surface area (Å²) in [6.07, 6.45) is 1.86. The van der Waals surface area contributed by atoms with E-state index in [9.17, 15) is 4.79 Å². The lowest BCUT2D eigenvalue weighted by Crippen LogP contribution is -2.20. The number of esters is 1. The summed E-state index contributed by atoms with van der Waals surface area (Å²) in [7, 11) is 0. The Morgan fingerprint density at radius 1 is 1.18 bits per heavy atom. The van der Waals surface area contributed by atoms with E-state index in [1.165, 1.54) is 11.3 Å². The molecule has 0 fully saturated rings. The first kappa shape index (κ1) is 24.4. The number of nitrogens with zero attached hydrogens (tertiary/aromatic N) is 2. The quantitative estimate of drug-likeness (QED) is 0.182. The molecule has 0 spiro atoms. The first-order valence-corrected chi connectivity index (χ1v) is 12.7. The highest BCUT2D eigenvalue weighted by Gasteiger charge is 2.19. The zero-order valence-electron chi connectivity index (χ0n) is 18.0. The number of aromatic nitrogens is 2. The molecule has 0 unspecified atom stereocenters. The topological polar surface area (TPSA) is 68.2 Å². The highest BCUT2D eigenvalue weighted by Crippen LogP contribution is 2.36. The van der Waals surface area contributed by atoms with Gasteiger partial charge in [0.05, 0.1) is 23.2 Å². The van der Waals surface area contributed by atoms with Crippen molar-refractivity contribution in [2.75, 3.05) is 17.2 Å². The number of nitrogens with one attached hydrogen (secondary N) is 2. The summed E-state index contributed by atoms with van der Waals surface area (Å²) in [5.41, 5.74) is 2.51. The summed E-state index contributed by atoms with van der Waals surface area (Å²) in [6, 6.07) is 19.3. The predicted molar refractivity (Wildman–Crippen MR) is 146 cm³/mol. The van der Waals surface area contributed by atoms with E-state index in [1.807, 2.05) is 66.9 Å². The number of benzene rings is 2. The van der Waals surface area contributed by atoms with Crippen molar-refractivity contribution in [3.8, 4) is 10.4 Å². The number of thiocarbonyl (C=S) groups is 1. The number of hydrogen-bond acceptors (Lipinski definition) is 5. The molecule has 4 rings (SSSR count). The minimum Gasteiger partial charge on any atom is -0.462 e. The molecule has 2 N–H and O–H groups in total. The molecule has 4 aromatic rings. The summed E-state index contributed by atoms with van der Waals surface area (Å²) < 4.78 is 7.79. The Hall–Kier alpha value is -2.72. The number of carbonyl (C=O) groups excluding carboxylic acids is 1. The summed E-state index contributed by atoms with van der Waals surface area (Å²) in [6.45, 7) is 2.64. The van der Waals surface area contributed by atoms with Crippen LogP contribution >= 0.6 is 51.1 Å². The fourth-order valence-corrected chi connectivity index (χ4v) is 5.03. The van der Waals surface area contributed by atoms with Crippen LogP contribution in [0, 0.1) is 0 Å². The minimum absolute atomic E-state index is 0.287. The molecule has 34 heavy (non-hydrogen) atoms. The Bertz CT molecular complexity index is 1310. The van der Waals surface area contributed by atoms with Crippen LogP contribution in [-0.2, 0) is 11.3 Å². The number of halogens is 2. The van der Waals surface area contributed by atoms with E-state index >= 15 is 0 Å². The largest absolute Gasteiger partial charge is 0.462 e. The van der Waals surface area contributed by atoms with E-state index in [1.54, 1.807) is 11.6 Å². The highest BCUT2D eigenvalue weighted by molar-refractivity contribution is 9.10. The maximum atomic E-state index is 12.6. The van der Waals surface area contributed by atoms with Gasteiger partial charge in [0.1, 0.15) is 5.00 Å². The zero-order chi connectivity index (χ0) is 24.1. The average molecular weight is 576 g/mol. The zero-order valence-corrected chi connectivity index (χ0v) is 22.0. The molecule has 0 aliphatic heterocycles. The molecule has 6 nitrogen and oxygen atoms in total. The summed E-state index contributed by atoms with van der Waals surface area (Å²) in [4.78, 5) is 13.5. The number of hydrogen-bond donors (Lipinski definition) is 2. The lowest BCUT2D eigenvalue weighted by atomic mass is 10.1. The maximum Gasteiger partial charge on any atom is 0.341 e. The molecule has 2 aromatic carbocycles. The van der Waals surface area contributed by atoms with E-state index in [2.05, 4.69) is 31.7 Å². The van der Waals surface area contributed by atoms with Gasteiger partial charge in [-0.3, -0.25) is 4.68 Å². The molecule has 0 amide bonds. The first-order valence-electron chi connectivity index (χ1n) is 10.3. The Kier molecular flexibility index (Phi) is 7.99. The van der Waals surface area contributed by atoms with Gasteiger partial charge in [0, 0.05) is 16.1 Å². The normalized spacial score (nSPS) is 10.7. The van der Waals surface area contributed by atoms with Crippen LogP contribution in [0.3, 0.4) is 0 Å². The Morgan fingerprint density at radius 2 is 1.91 bits per heavy atom. The first-order chi connectivity index (χ1) is 16.4. The number of ether oxygens (including phenoxy) is 1. The van der Waals surface area contributed by atoms with Crippen molar-refractivity contribution in [3.05, 3.63) is 87.5 Å². The monoisotopic (exact) mass is 574 g/mol. The smallest absolute Gasteiger partial charge is 0.341 e. The van der Waals surface area contributed by atoms with Crippen molar-refractivity contribution < 1.29 is 9.53 Å². The Labute approximate surface area is 220 Å². The third-order valence-electron chi connectivity index (χ3n) is 4.72. The summed E-state index contributed by atoms with van der Waals surface area (Å²) in [5, 5.41) is 12.4. The van der Waals surface area contributed by atoms with Gasteiger partial charge >= 0.3 is 5.97 Å². The fraction of sp³-hybridized carbons (Fsp3) is 0.125. The highest BCUT2D eigenvalue weighted by atomic mass is 79.9. The number of carbonyl (C=O) groups is 1. The number of rotatable bonds is 7. The molecule has 2 aromatic heterocycles. The van der Waals surface area contributed by atoms with Gasteiger partial charge in [-0.1, -0.05) is 54.1 Å². The SMILES string of the molecule is CCOC(=O)c1cc(-c2ccccc2)sc1NC(=S)Nc1nn(Cc2ccc(Cl)cc2)cc1Br. The molecule has 0 aliphatic rings. The van der Waals surface area contributed by atoms with Crippen molar-refractivity contribution >= 4 is 73.0 Å². The van der Waals surface area contributed by atoms with Crippen molar-refractivity contribution in [1.82, 2.24) is 9.78 Å². The third-order valence-corrected chi connectivity index (χ3v) is 6.86. The maximum absolute atomic E-state index is 12.6. The van der Waals surface area contributed by atoms with E-state index < -0.39 is 5.97 Å². The van der Waals surface area contributed by atoms with Crippen LogP contribution in [0.2, 0.25) is 5.02 Å². The van der Waals surface area contributed by atoms with Gasteiger partial charge in [-0.25, -0.2) is 4.79 Å². The molecule has 0 aliphatic carbocycles. The van der Waals surface area contributed by atoms with Gasteiger partial charge in [0.25, 0.3) is 0 Å². The molecule has 0 saturated heterocycles. The van der Waals surface area contributed by atoms with Gasteiger partial charge in [-0.05, 0) is 64.4 Å². The fourth-order valence-electron chi connectivity index (χ4n) is 3.17. The molecule has 0 saturated carbocycles. The summed E-state index contributed by atoms with van der Waals surface area (Å²) >= 11 is 16.4. The molecule has 0 bridgehead atoms. The van der Waals surface area contributed by atoms with Crippen LogP contribution in [0.1, 0.15) is 22.8 Å². The molecular formula is C24H20BrClN4O2S2. The predicted octanol–water partition coefficient (Wildman–Crippen LogP) is 7.06. The number of thiophene rings is 1. The number of anilines is 2. The van der Waals surface area contributed by atoms with E-state index in [4.69, 9.17) is 28.6 Å². The molecular weight excluding hydrogens is 556 g/mol. The van der Waals surface area contributed by atoms with Crippen LogP contribution < -0.4 is 10.6 Å². The van der Waals surface area contributed by atoms with E-state index in [0.717, 1.165) is 20.5 Å². The molecule has 10 heteroatoms. The van der Waals surface area contributed by atoms with Gasteiger partial charge in [-0.15, -0.1) is 11.3 Å². The Balaban J connectivity index is 1.50. The van der Waals surface area contributed by atoms with Crippen LogP contribution in [0.25, 0.3) is 10.4 Å². The molecule has 2 heterocycles. The van der Waals surface area contributed by atoms with E-state index in [0.29, 0.717) is 33.1 Å². The second-order valence-electron chi connectivity index (χ2n) is 7.17. The summed E-state index contributed by atoms with van der Waals surface area (Å²) in [5.74, 6) is 0.156. The minimum atomic E-state index is -0.403. The van der Waals surface area contributed by atoms with Gasteiger partial charge in [0.15, 0.2) is 10.9 Å². The van der Waals surface area contributed by atoms with Crippen molar-refractivity contribution in [3.63, 3.8) is 0 Å². The van der Waals surface area contributed by atoms with Gasteiger partial charge in [0.2, 0.25) is 0 Å². The Morgan fingerprint density at radius 3 is 2.62 bits per heavy atom. The van der Waals surface area contributed by atoms with Crippen molar-refractivity contribution in [2.45, 2.75) is 13.5 Å². The second kappa shape index (κ2) is 11.1. The van der Waals surface area contributed by atoms with Gasteiger partial charge in [-0.2, -0.15) is 5.10 Å². The lowest BCUT2D eigenvalue weighted by molar-refractivity contribution is 0.0528. The average Bonchev–Trinajstić information content (AvgIpc) is 3.39. The van der Waals surface area contributed by atoms with Crippen LogP contribution in [0.4, 0.5) is 10.8 Å². The molecule has 174 valence electrons. The standard InChI is InChI=1S/C24H20BrClN4O2S2/c1-2-32-23(31)18-12-20(16-6-4-3-5-7-16)34-22(18)28-24(33)27-21-19(25)14-30(29-21)13-15-8-10-17(26)11-9-15/h3-12,14H,2,13H2,1H3,(H2,27,28,29,33). The van der Waals surface area contributed by atoms with Crippen LogP contribution in [0.15, 0.2) is 71.3 Å². The molecule has 0 atom stereocenters. The van der Waals surface area contributed by atoms with Gasteiger partial charge < -0.3 is 15.4 Å². The third kappa shape index (κ3) is 6.04. The van der Waals surface area contributed by atoms with Crippen LogP contribution in [-0.4, -0.2) is 27.5 Å². The van der Waals surface area contributed by atoms with E-state index in [-0.39, 0.29) is 6.61 Å². The van der Waals surface area contributed by atoms with Crippen molar-refractivity contribution in [2.24, 2.45) is 0 Å². The van der Waals surface area contributed by atoms with Crippen molar-refractivity contribution in [1.29, 1.82) is 0 Å². The lowest BCUT2D eigenvalue weighted by Gasteiger charge is -2.09. The van der Waals surface area contributed by atoms with Crippen LogP contribution in [0.5, 0.6) is 0 Å².